The Balaban J connectivity index is 1.81. The summed E-state index contributed by atoms with van der Waals surface area (Å²) in [5.74, 6) is 2.30. The molecule has 1 aliphatic rings. The van der Waals surface area contributed by atoms with Crippen molar-refractivity contribution in [3.05, 3.63) is 48.5 Å². The molecule has 0 unspecified atom stereocenters. The third-order valence-corrected chi connectivity index (χ3v) is 5.28. The average Bonchev–Trinajstić information content (AvgIpc) is 3.17. The molecule has 2 atom stereocenters. The van der Waals surface area contributed by atoms with Crippen molar-refractivity contribution in [1.29, 1.82) is 0 Å². The van der Waals surface area contributed by atoms with Crippen LogP contribution in [0.2, 0.25) is 0 Å². The van der Waals surface area contributed by atoms with Crippen LogP contribution in [0.15, 0.2) is 48.5 Å². The number of benzene rings is 2. The van der Waals surface area contributed by atoms with Crippen LogP contribution in [0.5, 0.6) is 5.75 Å². The van der Waals surface area contributed by atoms with E-state index in [9.17, 15) is 0 Å². The van der Waals surface area contributed by atoms with Gasteiger partial charge in [-0.3, -0.25) is 0 Å². The molecule has 3 heterocycles. The topological polar surface area (TPSA) is 64.8 Å². The summed E-state index contributed by atoms with van der Waals surface area (Å²) in [4.78, 5) is 7.29. The van der Waals surface area contributed by atoms with Crippen LogP contribution in [-0.4, -0.2) is 52.0 Å². The van der Waals surface area contributed by atoms with E-state index in [1.807, 2.05) is 52.9 Å². The summed E-state index contributed by atoms with van der Waals surface area (Å²) >= 11 is 0. The Labute approximate surface area is 168 Å². The minimum absolute atomic E-state index is 0.119. The molecule has 0 radical (unpaired) electrons. The Bertz CT molecular complexity index is 1180. The fourth-order valence-electron chi connectivity index (χ4n) is 4.12. The average molecular weight is 389 g/mol. The Hall–Kier alpha value is -3.19. The van der Waals surface area contributed by atoms with Gasteiger partial charge in [-0.1, -0.05) is 24.3 Å². The SMILES string of the molecule is COc1ccccc1-c1nnc2c3ccccc3nc(N3C[C@@H](C)O[C@@H](C)C3)n12. The standard InChI is InChI=1S/C22H23N5O2/c1-14-12-26(13-15(2)29-14)22-23-18-10-6-4-8-16(18)20-24-25-21(27(20)22)17-9-5-7-11-19(17)28-3/h4-11,14-15H,12-13H2,1-3H3/t14-,15+. The number of morpholine rings is 1. The van der Waals surface area contributed by atoms with Gasteiger partial charge in [0.1, 0.15) is 5.75 Å². The second kappa shape index (κ2) is 7.00. The van der Waals surface area contributed by atoms with Crippen LogP contribution < -0.4 is 9.64 Å². The van der Waals surface area contributed by atoms with Crippen molar-refractivity contribution in [2.75, 3.05) is 25.1 Å². The first-order valence-corrected chi connectivity index (χ1v) is 9.83. The Morgan fingerprint density at radius 1 is 0.966 bits per heavy atom. The normalized spacial score (nSPS) is 19.8. The summed E-state index contributed by atoms with van der Waals surface area (Å²) in [5.41, 5.74) is 2.58. The quantitative estimate of drug-likeness (QED) is 0.534. The molecular formula is C22H23N5O2. The smallest absolute Gasteiger partial charge is 0.213 e. The van der Waals surface area contributed by atoms with E-state index in [0.29, 0.717) is 0 Å². The van der Waals surface area contributed by atoms with Crippen LogP contribution in [0.3, 0.4) is 0 Å². The molecule has 0 N–H and O–H groups in total. The molecule has 0 spiro atoms. The molecule has 7 heteroatoms. The number of hydrogen-bond donors (Lipinski definition) is 0. The molecule has 1 aliphatic heterocycles. The molecule has 29 heavy (non-hydrogen) atoms. The Morgan fingerprint density at radius 3 is 2.48 bits per heavy atom. The van der Waals surface area contributed by atoms with Gasteiger partial charge >= 0.3 is 0 Å². The lowest BCUT2D eigenvalue weighted by molar-refractivity contribution is -0.00576. The van der Waals surface area contributed by atoms with Gasteiger partial charge in [0.05, 0.1) is 30.4 Å². The fraction of sp³-hybridized carbons (Fsp3) is 0.318. The molecule has 1 fully saturated rings. The summed E-state index contributed by atoms with van der Waals surface area (Å²) in [7, 11) is 1.67. The first kappa shape index (κ1) is 17.9. The van der Waals surface area contributed by atoms with Crippen molar-refractivity contribution in [3.8, 4) is 17.1 Å². The van der Waals surface area contributed by atoms with Crippen LogP contribution in [0.25, 0.3) is 27.9 Å². The van der Waals surface area contributed by atoms with Gasteiger partial charge in [-0.05, 0) is 38.1 Å². The van der Waals surface area contributed by atoms with Gasteiger partial charge in [-0.2, -0.15) is 0 Å². The zero-order valence-corrected chi connectivity index (χ0v) is 16.7. The molecular weight excluding hydrogens is 366 g/mol. The summed E-state index contributed by atoms with van der Waals surface area (Å²) in [6.07, 6.45) is 0.238. The predicted molar refractivity (Wildman–Crippen MR) is 112 cm³/mol. The molecule has 2 aromatic heterocycles. The van der Waals surface area contributed by atoms with Crippen molar-refractivity contribution < 1.29 is 9.47 Å². The van der Waals surface area contributed by atoms with Crippen LogP contribution in [0.4, 0.5) is 5.95 Å². The zero-order valence-electron chi connectivity index (χ0n) is 16.7. The van der Waals surface area contributed by atoms with Crippen LogP contribution in [-0.2, 0) is 4.74 Å². The van der Waals surface area contributed by atoms with Crippen LogP contribution in [0, 0.1) is 0 Å². The molecule has 4 aromatic rings. The lowest BCUT2D eigenvalue weighted by atomic mass is 10.2. The highest BCUT2D eigenvalue weighted by molar-refractivity contribution is 5.93. The zero-order chi connectivity index (χ0) is 20.0. The highest BCUT2D eigenvalue weighted by Gasteiger charge is 2.27. The number of nitrogens with zero attached hydrogens (tertiary/aromatic N) is 5. The van der Waals surface area contributed by atoms with Gasteiger partial charge in [-0.25, -0.2) is 9.38 Å². The molecule has 7 nitrogen and oxygen atoms in total. The van der Waals surface area contributed by atoms with Crippen molar-refractivity contribution in [2.45, 2.75) is 26.1 Å². The monoisotopic (exact) mass is 389 g/mol. The number of anilines is 1. The molecule has 2 aromatic carbocycles. The van der Waals surface area contributed by atoms with E-state index in [-0.39, 0.29) is 12.2 Å². The Morgan fingerprint density at radius 2 is 1.69 bits per heavy atom. The van der Waals surface area contributed by atoms with E-state index in [2.05, 4.69) is 28.9 Å². The van der Waals surface area contributed by atoms with Gasteiger partial charge in [0.2, 0.25) is 5.95 Å². The molecule has 5 rings (SSSR count). The number of para-hydroxylation sites is 2. The van der Waals surface area contributed by atoms with Gasteiger partial charge in [-0.15, -0.1) is 10.2 Å². The Kier molecular flexibility index (Phi) is 4.32. The number of fused-ring (bicyclic) bond motifs is 3. The van der Waals surface area contributed by atoms with Crippen LogP contribution in [0.1, 0.15) is 13.8 Å². The van der Waals surface area contributed by atoms with Gasteiger partial charge < -0.3 is 14.4 Å². The number of rotatable bonds is 3. The van der Waals surface area contributed by atoms with E-state index < -0.39 is 0 Å². The largest absolute Gasteiger partial charge is 0.496 e. The second-order valence-electron chi connectivity index (χ2n) is 7.47. The van der Waals surface area contributed by atoms with Crippen molar-refractivity contribution in [3.63, 3.8) is 0 Å². The lowest BCUT2D eigenvalue weighted by Gasteiger charge is -2.36. The maximum atomic E-state index is 5.94. The molecule has 148 valence electrons. The highest BCUT2D eigenvalue weighted by atomic mass is 16.5. The maximum Gasteiger partial charge on any atom is 0.213 e. The van der Waals surface area contributed by atoms with Crippen molar-refractivity contribution in [1.82, 2.24) is 19.6 Å². The molecule has 0 aliphatic carbocycles. The van der Waals surface area contributed by atoms with Crippen molar-refractivity contribution >= 4 is 22.5 Å². The fourth-order valence-corrected chi connectivity index (χ4v) is 4.12. The third-order valence-electron chi connectivity index (χ3n) is 5.28. The number of hydrogen-bond acceptors (Lipinski definition) is 6. The van der Waals surface area contributed by atoms with Gasteiger partial charge in [0.15, 0.2) is 11.5 Å². The van der Waals surface area contributed by atoms with E-state index in [4.69, 9.17) is 14.5 Å². The summed E-state index contributed by atoms with van der Waals surface area (Å²) in [6.45, 7) is 5.70. The predicted octanol–water partition coefficient (Wildman–Crippen LogP) is 3.57. The molecule has 1 saturated heterocycles. The highest BCUT2D eigenvalue weighted by Crippen LogP contribution is 2.33. The van der Waals surface area contributed by atoms with E-state index in [0.717, 1.165) is 52.7 Å². The molecule has 0 bridgehead atoms. The van der Waals surface area contributed by atoms with E-state index >= 15 is 0 Å². The first-order chi connectivity index (χ1) is 14.2. The second-order valence-corrected chi connectivity index (χ2v) is 7.47. The van der Waals surface area contributed by atoms with Crippen LogP contribution >= 0.6 is 0 Å². The van der Waals surface area contributed by atoms with Crippen molar-refractivity contribution in [2.24, 2.45) is 0 Å². The minimum Gasteiger partial charge on any atom is -0.496 e. The lowest BCUT2D eigenvalue weighted by Crippen LogP contribution is -2.46. The van der Waals surface area contributed by atoms with E-state index in [1.165, 1.54) is 0 Å². The van der Waals surface area contributed by atoms with Gasteiger partial charge in [0, 0.05) is 18.5 Å². The third kappa shape index (κ3) is 2.98. The summed E-state index contributed by atoms with van der Waals surface area (Å²) < 4.78 is 13.6. The number of ether oxygens (including phenoxy) is 2. The number of methoxy groups -OCH3 is 1. The number of aromatic nitrogens is 4. The minimum atomic E-state index is 0.119. The summed E-state index contributed by atoms with van der Waals surface area (Å²) in [5, 5.41) is 10.1. The van der Waals surface area contributed by atoms with Gasteiger partial charge in [0.25, 0.3) is 0 Å². The summed E-state index contributed by atoms with van der Waals surface area (Å²) in [6, 6.07) is 15.9. The maximum absolute atomic E-state index is 5.94. The first-order valence-electron chi connectivity index (χ1n) is 9.83. The molecule has 0 amide bonds. The van der Waals surface area contributed by atoms with E-state index in [1.54, 1.807) is 7.11 Å². The molecule has 0 saturated carbocycles.